The highest BCUT2D eigenvalue weighted by Gasteiger charge is 2.49. The van der Waals surface area contributed by atoms with Crippen LogP contribution in [0.15, 0.2) is 115 Å². The molecule has 1 saturated heterocycles. The van der Waals surface area contributed by atoms with Crippen LogP contribution in [0.25, 0.3) is 11.1 Å². The monoisotopic (exact) mass is 625 g/mol. The average molecular weight is 626 g/mol. The lowest BCUT2D eigenvalue weighted by Crippen LogP contribution is -2.59. The predicted octanol–water partition coefficient (Wildman–Crippen LogP) is 6.53. The second-order valence-electron chi connectivity index (χ2n) is 10.6. The minimum absolute atomic E-state index is 0.329. The molecule has 0 aliphatic carbocycles. The van der Waals surface area contributed by atoms with Crippen molar-refractivity contribution in [2.75, 3.05) is 29.2 Å². The van der Waals surface area contributed by atoms with Crippen molar-refractivity contribution in [3.63, 3.8) is 0 Å². The molecule has 1 aliphatic heterocycles. The van der Waals surface area contributed by atoms with E-state index in [0.29, 0.717) is 17.1 Å². The van der Waals surface area contributed by atoms with Gasteiger partial charge in [0.25, 0.3) is 0 Å². The summed E-state index contributed by atoms with van der Waals surface area (Å²) in [6, 6.07) is 34.2. The second kappa shape index (κ2) is 15.6. The van der Waals surface area contributed by atoms with Crippen LogP contribution < -0.4 is 16.0 Å². The van der Waals surface area contributed by atoms with Crippen LogP contribution in [0.1, 0.15) is 6.92 Å². The largest absolute Gasteiger partial charge is 0.449 e. The molecule has 0 saturated carbocycles. The smallest absolute Gasteiger partial charge is 0.412 e. The zero-order chi connectivity index (χ0) is 32.3. The number of carbonyl (C=O) groups excluding carboxylic acids is 3. The van der Waals surface area contributed by atoms with Crippen molar-refractivity contribution < 1.29 is 38.4 Å². The summed E-state index contributed by atoms with van der Waals surface area (Å²) in [6.07, 6.45) is -6.36. The summed E-state index contributed by atoms with van der Waals surface area (Å²) < 4.78 is 23.2. The zero-order valence-corrected chi connectivity index (χ0v) is 25.1. The zero-order valence-electron chi connectivity index (χ0n) is 25.1. The molecular weight excluding hydrogens is 590 g/mol. The van der Waals surface area contributed by atoms with Crippen LogP contribution in [-0.4, -0.2) is 61.0 Å². The van der Waals surface area contributed by atoms with E-state index in [4.69, 9.17) is 18.9 Å². The van der Waals surface area contributed by atoms with Crippen molar-refractivity contribution in [3.05, 3.63) is 115 Å². The van der Waals surface area contributed by atoms with E-state index < -0.39 is 55.2 Å². The molecule has 5 atom stereocenters. The van der Waals surface area contributed by atoms with E-state index in [9.17, 15) is 19.5 Å². The van der Waals surface area contributed by atoms with E-state index in [-0.39, 0.29) is 6.61 Å². The van der Waals surface area contributed by atoms with Crippen LogP contribution in [0.4, 0.5) is 31.4 Å². The minimum atomic E-state index is -1.18. The van der Waals surface area contributed by atoms with Gasteiger partial charge in [-0.15, -0.1) is 0 Å². The Kier molecular flexibility index (Phi) is 10.8. The van der Waals surface area contributed by atoms with Gasteiger partial charge in [-0.05, 0) is 42.8 Å². The molecule has 0 aromatic heterocycles. The fraction of sp³-hybridized carbons (Fsp3) is 0.229. The molecule has 4 aromatic carbocycles. The van der Waals surface area contributed by atoms with E-state index in [1.165, 1.54) is 0 Å². The van der Waals surface area contributed by atoms with Gasteiger partial charge in [0.15, 0.2) is 0 Å². The van der Waals surface area contributed by atoms with Gasteiger partial charge < -0.3 is 24.1 Å². The molecule has 4 aromatic rings. The maximum atomic E-state index is 13.4. The first-order valence-electron chi connectivity index (χ1n) is 14.8. The summed E-state index contributed by atoms with van der Waals surface area (Å²) in [6.45, 7) is 0.815. The number of para-hydroxylation sites is 3. The molecule has 5 unspecified atom stereocenters. The molecule has 11 nitrogen and oxygen atoms in total. The van der Waals surface area contributed by atoms with E-state index in [2.05, 4.69) is 16.0 Å². The van der Waals surface area contributed by atoms with Gasteiger partial charge in [-0.2, -0.15) is 0 Å². The lowest BCUT2D eigenvalue weighted by Gasteiger charge is -2.43. The van der Waals surface area contributed by atoms with Gasteiger partial charge in [0.05, 0.1) is 24.3 Å². The number of amides is 3. The Morgan fingerprint density at radius 3 is 1.83 bits per heavy atom. The van der Waals surface area contributed by atoms with Crippen molar-refractivity contribution >= 4 is 35.3 Å². The van der Waals surface area contributed by atoms with E-state index in [1.54, 1.807) is 67.6 Å². The topological polar surface area (TPSA) is 144 Å². The van der Waals surface area contributed by atoms with E-state index in [0.717, 1.165) is 11.1 Å². The molecule has 1 fully saturated rings. The Morgan fingerprint density at radius 2 is 1.20 bits per heavy atom. The highest BCUT2D eigenvalue weighted by Crippen LogP contribution is 2.33. The van der Waals surface area contributed by atoms with Gasteiger partial charge in [0, 0.05) is 16.9 Å². The summed E-state index contributed by atoms with van der Waals surface area (Å²) >= 11 is 0. The quantitative estimate of drug-likeness (QED) is 0.154. The normalized spacial score (nSPS) is 20.5. The summed E-state index contributed by atoms with van der Waals surface area (Å²) in [5, 5.41) is 18.3. The van der Waals surface area contributed by atoms with Crippen LogP contribution in [-0.2, 0) is 18.9 Å². The second-order valence-corrected chi connectivity index (χ2v) is 10.6. The number of aliphatic hydroxyl groups excluding tert-OH is 1. The molecule has 0 bridgehead atoms. The number of carbonyl (C=O) groups is 3. The molecular formula is C35H35N3O8. The maximum absolute atomic E-state index is 13.4. The molecule has 1 heterocycles. The highest BCUT2D eigenvalue weighted by molar-refractivity contribution is 5.91. The Bertz CT molecular complexity index is 1590. The third-order valence-electron chi connectivity index (χ3n) is 7.42. The van der Waals surface area contributed by atoms with Gasteiger partial charge in [-0.3, -0.25) is 16.0 Å². The molecule has 4 N–H and O–H groups in total. The Hall–Kier alpha value is -5.39. The third-order valence-corrected chi connectivity index (χ3v) is 7.42. The first-order chi connectivity index (χ1) is 22.4. The van der Waals surface area contributed by atoms with Crippen LogP contribution in [0.3, 0.4) is 0 Å². The fourth-order valence-electron chi connectivity index (χ4n) is 5.29. The predicted molar refractivity (Wildman–Crippen MR) is 172 cm³/mol. The molecule has 11 heteroatoms. The van der Waals surface area contributed by atoms with Crippen LogP contribution in [0, 0.1) is 5.92 Å². The Morgan fingerprint density at radius 1 is 0.674 bits per heavy atom. The molecule has 0 radical (unpaired) electrons. The highest BCUT2D eigenvalue weighted by atomic mass is 16.6. The van der Waals surface area contributed by atoms with Crippen molar-refractivity contribution in [1.29, 1.82) is 0 Å². The van der Waals surface area contributed by atoms with E-state index >= 15 is 0 Å². The van der Waals surface area contributed by atoms with Gasteiger partial charge in [0.2, 0.25) is 0 Å². The Balaban J connectivity index is 1.36. The summed E-state index contributed by atoms with van der Waals surface area (Å²) in [7, 11) is 0. The first kappa shape index (κ1) is 32.0. The number of rotatable bonds is 9. The van der Waals surface area contributed by atoms with Crippen molar-refractivity contribution in [3.8, 4) is 11.1 Å². The SMILES string of the molecule is CC1OC(CO)C(OC(=O)Nc2ccccc2-c2ccccc2)C(COC(=O)Nc2ccccc2)C1OC(=O)Nc1ccccc1. The van der Waals surface area contributed by atoms with Crippen LogP contribution in [0.5, 0.6) is 0 Å². The van der Waals surface area contributed by atoms with Gasteiger partial charge in [-0.1, -0.05) is 84.9 Å². The standard InChI is InChI=1S/C35H35N3O8/c1-23-31(45-34(41)37-26-17-9-4-10-18-26)28(22-43-33(40)36-25-15-7-3-8-16-25)32(30(21-39)44-23)46-35(42)38-29-20-12-11-19-27(29)24-13-5-2-6-14-24/h2-20,23,28,30-32,39H,21-22H2,1H3,(H,36,40)(H,37,41)(H,38,42). The molecule has 1 aliphatic rings. The van der Waals surface area contributed by atoms with Crippen molar-refractivity contribution in [2.45, 2.75) is 31.3 Å². The molecule has 5 rings (SSSR count). The molecule has 3 amide bonds. The van der Waals surface area contributed by atoms with Crippen LogP contribution in [0.2, 0.25) is 0 Å². The maximum Gasteiger partial charge on any atom is 0.412 e. The summed E-state index contributed by atoms with van der Waals surface area (Å²) in [5.74, 6) is -0.918. The van der Waals surface area contributed by atoms with Crippen molar-refractivity contribution in [1.82, 2.24) is 0 Å². The number of aliphatic hydroxyl groups is 1. The van der Waals surface area contributed by atoms with Gasteiger partial charge >= 0.3 is 18.3 Å². The Labute approximate surface area is 266 Å². The number of hydrogen-bond acceptors (Lipinski definition) is 8. The molecule has 46 heavy (non-hydrogen) atoms. The summed E-state index contributed by atoms with van der Waals surface area (Å²) in [4.78, 5) is 39.1. The lowest BCUT2D eigenvalue weighted by molar-refractivity contribution is -0.207. The summed E-state index contributed by atoms with van der Waals surface area (Å²) in [5.41, 5.74) is 3.16. The third kappa shape index (κ3) is 8.40. The van der Waals surface area contributed by atoms with Gasteiger partial charge in [-0.25, -0.2) is 14.4 Å². The van der Waals surface area contributed by atoms with Crippen molar-refractivity contribution in [2.24, 2.45) is 5.92 Å². The molecule has 0 spiro atoms. The number of nitrogens with one attached hydrogen (secondary N) is 3. The number of anilines is 3. The van der Waals surface area contributed by atoms with Gasteiger partial charge in [0.1, 0.15) is 24.9 Å². The fourth-order valence-corrected chi connectivity index (χ4v) is 5.29. The number of hydrogen-bond donors (Lipinski definition) is 4. The van der Waals surface area contributed by atoms with E-state index in [1.807, 2.05) is 54.6 Å². The van der Waals surface area contributed by atoms with Crippen LogP contribution >= 0.6 is 0 Å². The first-order valence-corrected chi connectivity index (χ1v) is 14.8. The minimum Gasteiger partial charge on any atom is -0.449 e. The number of ether oxygens (including phenoxy) is 4. The lowest BCUT2D eigenvalue weighted by atomic mass is 9.86. The number of benzene rings is 4. The molecule has 238 valence electrons. The average Bonchev–Trinajstić information content (AvgIpc) is 3.07.